The van der Waals surface area contributed by atoms with Crippen molar-refractivity contribution in [2.24, 2.45) is 0 Å². The van der Waals surface area contributed by atoms with Crippen molar-refractivity contribution in [3.05, 3.63) is 29.8 Å². The second-order valence-electron chi connectivity index (χ2n) is 2.79. The number of carbonyl (C=O) groups is 1. The summed E-state index contributed by atoms with van der Waals surface area (Å²) in [7, 11) is 1.49. The van der Waals surface area contributed by atoms with E-state index in [2.05, 4.69) is 0 Å². The van der Waals surface area contributed by atoms with Gasteiger partial charge in [0.05, 0.1) is 6.61 Å². The molecule has 1 aromatic rings. The van der Waals surface area contributed by atoms with Gasteiger partial charge >= 0.3 is 6.48 Å². The SMILES string of the molecule is CCOC(OC)Oc1cccc(C=O)c1. The van der Waals surface area contributed by atoms with Gasteiger partial charge in [0.2, 0.25) is 0 Å². The summed E-state index contributed by atoms with van der Waals surface area (Å²) in [5.74, 6) is 0.542. The van der Waals surface area contributed by atoms with Gasteiger partial charge in [-0.15, -0.1) is 0 Å². The van der Waals surface area contributed by atoms with Crippen LogP contribution in [0.25, 0.3) is 0 Å². The predicted octanol–water partition coefficient (Wildman–Crippen LogP) is 1.84. The van der Waals surface area contributed by atoms with E-state index in [0.717, 1.165) is 6.29 Å². The number of benzene rings is 1. The Balaban J connectivity index is 2.65. The summed E-state index contributed by atoms with van der Waals surface area (Å²) in [6.07, 6.45) is 0.759. The molecule has 0 aliphatic rings. The molecule has 82 valence electrons. The van der Waals surface area contributed by atoms with Crippen LogP contribution in [0, 0.1) is 0 Å². The molecule has 1 unspecified atom stereocenters. The zero-order valence-electron chi connectivity index (χ0n) is 8.80. The first-order valence-corrected chi connectivity index (χ1v) is 4.66. The second-order valence-corrected chi connectivity index (χ2v) is 2.79. The molecule has 0 saturated heterocycles. The van der Waals surface area contributed by atoms with Crippen LogP contribution in [-0.2, 0) is 9.47 Å². The Morgan fingerprint density at radius 3 is 2.87 bits per heavy atom. The largest absolute Gasteiger partial charge is 0.441 e. The fraction of sp³-hybridized carbons (Fsp3) is 0.364. The number of rotatable bonds is 6. The van der Waals surface area contributed by atoms with Gasteiger partial charge < -0.3 is 14.2 Å². The number of hydrogen-bond donors (Lipinski definition) is 0. The minimum Gasteiger partial charge on any atom is -0.441 e. The maximum atomic E-state index is 10.5. The Labute approximate surface area is 88.8 Å². The Morgan fingerprint density at radius 2 is 2.27 bits per heavy atom. The van der Waals surface area contributed by atoms with Crippen molar-refractivity contribution in [1.29, 1.82) is 0 Å². The third-order valence-electron chi connectivity index (χ3n) is 1.72. The van der Waals surface area contributed by atoms with E-state index in [1.54, 1.807) is 24.3 Å². The highest BCUT2D eigenvalue weighted by molar-refractivity contribution is 5.75. The zero-order valence-corrected chi connectivity index (χ0v) is 8.80. The van der Waals surface area contributed by atoms with Crippen molar-refractivity contribution in [2.75, 3.05) is 13.7 Å². The van der Waals surface area contributed by atoms with Crippen molar-refractivity contribution in [3.63, 3.8) is 0 Å². The van der Waals surface area contributed by atoms with Crippen molar-refractivity contribution >= 4 is 6.29 Å². The Hall–Kier alpha value is -1.39. The Morgan fingerprint density at radius 1 is 1.47 bits per heavy atom. The molecular weight excluding hydrogens is 196 g/mol. The van der Waals surface area contributed by atoms with Crippen LogP contribution in [0.1, 0.15) is 17.3 Å². The van der Waals surface area contributed by atoms with E-state index < -0.39 is 6.48 Å². The number of methoxy groups -OCH3 is 1. The molecule has 0 saturated carbocycles. The summed E-state index contributed by atoms with van der Waals surface area (Å²) >= 11 is 0. The van der Waals surface area contributed by atoms with Gasteiger partial charge in [-0.05, 0) is 19.1 Å². The van der Waals surface area contributed by atoms with E-state index in [9.17, 15) is 4.79 Å². The van der Waals surface area contributed by atoms with Crippen molar-refractivity contribution in [2.45, 2.75) is 13.4 Å². The topological polar surface area (TPSA) is 44.8 Å². The van der Waals surface area contributed by atoms with Crippen molar-refractivity contribution < 1.29 is 19.0 Å². The highest BCUT2D eigenvalue weighted by Gasteiger charge is 2.07. The summed E-state index contributed by atoms with van der Waals surface area (Å²) < 4.78 is 15.4. The van der Waals surface area contributed by atoms with E-state index in [0.29, 0.717) is 17.9 Å². The molecule has 1 aromatic carbocycles. The van der Waals surface area contributed by atoms with Crippen molar-refractivity contribution in [1.82, 2.24) is 0 Å². The first-order valence-electron chi connectivity index (χ1n) is 4.66. The fourth-order valence-electron chi connectivity index (χ4n) is 1.06. The lowest BCUT2D eigenvalue weighted by atomic mass is 10.2. The zero-order chi connectivity index (χ0) is 11.1. The smallest absolute Gasteiger partial charge is 0.315 e. The maximum absolute atomic E-state index is 10.5. The molecule has 0 N–H and O–H groups in total. The normalized spacial score (nSPS) is 12.1. The van der Waals surface area contributed by atoms with Gasteiger partial charge in [-0.3, -0.25) is 4.79 Å². The lowest BCUT2D eigenvalue weighted by molar-refractivity contribution is -0.231. The highest BCUT2D eigenvalue weighted by atomic mass is 16.8. The molecule has 0 aliphatic heterocycles. The van der Waals surface area contributed by atoms with Crippen LogP contribution >= 0.6 is 0 Å². The Bertz CT molecular complexity index is 311. The summed E-state index contributed by atoms with van der Waals surface area (Å²) in [6.45, 7) is 1.60. The van der Waals surface area contributed by atoms with Gasteiger partial charge in [0, 0.05) is 12.7 Å². The maximum Gasteiger partial charge on any atom is 0.315 e. The van der Waals surface area contributed by atoms with E-state index >= 15 is 0 Å². The van der Waals surface area contributed by atoms with Gasteiger partial charge in [-0.25, -0.2) is 0 Å². The molecule has 0 amide bonds. The molecule has 0 aromatic heterocycles. The lowest BCUT2D eigenvalue weighted by Gasteiger charge is -2.16. The van der Waals surface area contributed by atoms with Gasteiger partial charge in [0.25, 0.3) is 0 Å². The van der Waals surface area contributed by atoms with Crippen molar-refractivity contribution in [3.8, 4) is 5.75 Å². The summed E-state index contributed by atoms with van der Waals surface area (Å²) in [4.78, 5) is 10.5. The van der Waals surface area contributed by atoms with E-state index in [-0.39, 0.29) is 0 Å². The molecule has 1 atom stereocenters. The molecule has 0 aliphatic carbocycles. The first kappa shape index (κ1) is 11.7. The average molecular weight is 210 g/mol. The fourth-order valence-corrected chi connectivity index (χ4v) is 1.06. The average Bonchev–Trinajstić information content (AvgIpc) is 2.29. The number of hydrogen-bond acceptors (Lipinski definition) is 4. The number of ether oxygens (including phenoxy) is 3. The molecule has 0 bridgehead atoms. The molecule has 0 fully saturated rings. The monoisotopic (exact) mass is 210 g/mol. The molecule has 4 nitrogen and oxygen atoms in total. The first-order chi connectivity index (χ1) is 7.30. The van der Waals surface area contributed by atoms with Crippen LogP contribution in [0.5, 0.6) is 5.75 Å². The van der Waals surface area contributed by atoms with Crippen LogP contribution in [0.15, 0.2) is 24.3 Å². The molecule has 0 spiro atoms. The molecule has 1 rings (SSSR count). The quantitative estimate of drug-likeness (QED) is 0.531. The summed E-state index contributed by atoms with van der Waals surface area (Å²) in [5.41, 5.74) is 0.554. The number of aldehydes is 1. The Kier molecular flexibility index (Phi) is 4.80. The minimum absolute atomic E-state index is 0.492. The molecular formula is C11H14O4. The van der Waals surface area contributed by atoms with Gasteiger partial charge in [-0.2, -0.15) is 0 Å². The van der Waals surface area contributed by atoms with Crippen LogP contribution in [0.3, 0.4) is 0 Å². The van der Waals surface area contributed by atoms with Crippen LogP contribution in [-0.4, -0.2) is 26.5 Å². The van der Waals surface area contributed by atoms with Crippen LogP contribution < -0.4 is 4.74 Å². The van der Waals surface area contributed by atoms with Crippen LogP contribution in [0.4, 0.5) is 0 Å². The molecule has 4 heteroatoms. The highest BCUT2D eigenvalue weighted by Crippen LogP contribution is 2.14. The standard InChI is InChI=1S/C11H14O4/c1-3-14-11(13-2)15-10-6-4-5-9(7-10)8-12/h4-8,11H,3H2,1-2H3. The summed E-state index contributed by atoms with van der Waals surface area (Å²) in [6, 6.07) is 6.79. The second kappa shape index (κ2) is 6.16. The van der Waals surface area contributed by atoms with Gasteiger partial charge in [-0.1, -0.05) is 12.1 Å². The van der Waals surface area contributed by atoms with Gasteiger partial charge in [0.1, 0.15) is 12.0 Å². The molecule has 15 heavy (non-hydrogen) atoms. The minimum atomic E-state index is -0.739. The van der Waals surface area contributed by atoms with Gasteiger partial charge in [0.15, 0.2) is 0 Å². The van der Waals surface area contributed by atoms with E-state index in [1.807, 2.05) is 6.92 Å². The third kappa shape index (κ3) is 3.69. The number of carbonyl (C=O) groups excluding carboxylic acids is 1. The molecule has 0 heterocycles. The lowest BCUT2D eigenvalue weighted by Crippen LogP contribution is -2.22. The predicted molar refractivity (Wildman–Crippen MR) is 54.9 cm³/mol. The van der Waals surface area contributed by atoms with E-state index in [1.165, 1.54) is 7.11 Å². The van der Waals surface area contributed by atoms with E-state index in [4.69, 9.17) is 14.2 Å². The molecule has 0 radical (unpaired) electrons. The third-order valence-corrected chi connectivity index (χ3v) is 1.72. The summed E-state index contributed by atoms with van der Waals surface area (Å²) in [5, 5.41) is 0. The van der Waals surface area contributed by atoms with Crippen LogP contribution in [0.2, 0.25) is 0 Å².